The number of ether oxygens (including phenoxy) is 1. The van der Waals surface area contributed by atoms with Crippen LogP contribution in [0.25, 0.3) is 0 Å². The molecule has 1 aliphatic carbocycles. The molecule has 0 unspecified atom stereocenters. The monoisotopic (exact) mass is 343 g/mol. The summed E-state index contributed by atoms with van der Waals surface area (Å²) in [6.45, 7) is -0.706. The number of aliphatic hydroxyl groups is 1. The molecular formula is C20H22FNO3. The van der Waals surface area contributed by atoms with Gasteiger partial charge in [0.05, 0.1) is 12.6 Å². The molecule has 1 fully saturated rings. The number of amides is 1. The summed E-state index contributed by atoms with van der Waals surface area (Å²) in [5.41, 5.74) is 1.97. The first-order valence-corrected chi connectivity index (χ1v) is 8.48. The Hall–Kier alpha value is -2.40. The molecule has 1 amide bonds. The zero-order chi connectivity index (χ0) is 17.6. The molecule has 25 heavy (non-hydrogen) atoms. The summed E-state index contributed by atoms with van der Waals surface area (Å²) >= 11 is 0. The Bertz CT molecular complexity index is 690. The zero-order valence-electron chi connectivity index (χ0n) is 13.9. The van der Waals surface area contributed by atoms with Gasteiger partial charge < -0.3 is 15.2 Å². The molecule has 2 aromatic rings. The number of rotatable bonds is 8. The normalized spacial score (nSPS) is 19.9. The van der Waals surface area contributed by atoms with Crippen LogP contribution in [0.4, 0.5) is 4.39 Å². The maximum absolute atomic E-state index is 12.5. The van der Waals surface area contributed by atoms with Crippen LogP contribution in [0, 0.1) is 5.92 Å². The predicted molar refractivity (Wildman–Crippen MR) is 93.2 cm³/mol. The molecule has 0 aliphatic heterocycles. The third kappa shape index (κ3) is 4.37. The maximum Gasteiger partial charge on any atom is 0.224 e. The number of hydrogen-bond acceptors (Lipinski definition) is 3. The van der Waals surface area contributed by atoms with Crippen molar-refractivity contribution in [2.75, 3.05) is 19.9 Å². The van der Waals surface area contributed by atoms with E-state index in [-0.39, 0.29) is 31.0 Å². The molecule has 3 rings (SSSR count). The van der Waals surface area contributed by atoms with E-state index < -0.39 is 12.7 Å². The summed E-state index contributed by atoms with van der Waals surface area (Å²) < 4.78 is 17.3. The van der Waals surface area contributed by atoms with E-state index in [0.717, 1.165) is 12.0 Å². The minimum atomic E-state index is -0.541. The molecule has 0 saturated heterocycles. The number of carbonyl (C=O) groups excluding carboxylic acids is 1. The number of alkyl halides is 1. The van der Waals surface area contributed by atoms with Crippen molar-refractivity contribution in [3.63, 3.8) is 0 Å². The Morgan fingerprint density at radius 2 is 1.92 bits per heavy atom. The third-order valence-electron chi connectivity index (χ3n) is 4.48. The quantitative estimate of drug-likeness (QED) is 0.775. The van der Waals surface area contributed by atoms with Crippen LogP contribution in [-0.2, 0) is 4.79 Å². The van der Waals surface area contributed by atoms with Crippen LogP contribution in [0.3, 0.4) is 0 Å². The lowest BCUT2D eigenvalue weighted by atomic mass is 10.1. The van der Waals surface area contributed by atoms with Gasteiger partial charge in [0.2, 0.25) is 5.91 Å². The summed E-state index contributed by atoms with van der Waals surface area (Å²) in [5.74, 6) is 0.752. The molecule has 0 aromatic heterocycles. The van der Waals surface area contributed by atoms with Crippen molar-refractivity contribution in [2.24, 2.45) is 5.92 Å². The Balaban J connectivity index is 1.58. The number of halogens is 1. The van der Waals surface area contributed by atoms with Gasteiger partial charge in [0.15, 0.2) is 0 Å². The molecule has 0 radical (unpaired) electrons. The van der Waals surface area contributed by atoms with Crippen molar-refractivity contribution in [2.45, 2.75) is 18.4 Å². The van der Waals surface area contributed by atoms with Gasteiger partial charge in [0.1, 0.15) is 19.0 Å². The molecule has 0 bridgehead atoms. The summed E-state index contributed by atoms with van der Waals surface area (Å²) in [6, 6.07) is 16.5. The van der Waals surface area contributed by atoms with E-state index in [1.807, 2.05) is 30.3 Å². The molecule has 3 atom stereocenters. The molecule has 2 N–H and O–H groups in total. The number of nitrogens with one attached hydrogen (secondary N) is 1. The van der Waals surface area contributed by atoms with E-state index in [9.17, 15) is 14.3 Å². The van der Waals surface area contributed by atoms with Gasteiger partial charge in [-0.05, 0) is 35.6 Å². The Morgan fingerprint density at radius 1 is 1.20 bits per heavy atom. The summed E-state index contributed by atoms with van der Waals surface area (Å²) in [7, 11) is 0. The molecule has 0 spiro atoms. The first kappa shape index (κ1) is 17.4. The van der Waals surface area contributed by atoms with E-state index in [2.05, 4.69) is 5.32 Å². The van der Waals surface area contributed by atoms with Crippen LogP contribution in [0.15, 0.2) is 54.6 Å². The van der Waals surface area contributed by atoms with Gasteiger partial charge in [-0.15, -0.1) is 0 Å². The number of carbonyl (C=O) groups is 1. The molecule has 1 aliphatic rings. The van der Waals surface area contributed by atoms with Crippen molar-refractivity contribution < 1.29 is 19.0 Å². The van der Waals surface area contributed by atoms with Crippen LogP contribution in [-0.4, -0.2) is 30.9 Å². The minimum absolute atomic E-state index is 0.0159. The fourth-order valence-electron chi connectivity index (χ4n) is 3.02. The Kier molecular flexibility index (Phi) is 5.66. The van der Waals surface area contributed by atoms with E-state index >= 15 is 0 Å². The lowest BCUT2D eigenvalue weighted by Gasteiger charge is -2.17. The Labute approximate surface area is 146 Å². The fraction of sp³-hybridized carbons (Fsp3) is 0.350. The molecule has 2 aromatic carbocycles. The highest BCUT2D eigenvalue weighted by Gasteiger charge is 2.44. The smallest absolute Gasteiger partial charge is 0.224 e. The topological polar surface area (TPSA) is 58.6 Å². The van der Waals surface area contributed by atoms with Crippen LogP contribution >= 0.6 is 0 Å². The van der Waals surface area contributed by atoms with Gasteiger partial charge in [-0.25, -0.2) is 4.39 Å². The molecule has 132 valence electrons. The van der Waals surface area contributed by atoms with Gasteiger partial charge in [0.25, 0.3) is 0 Å². The Morgan fingerprint density at radius 3 is 2.56 bits per heavy atom. The lowest BCUT2D eigenvalue weighted by Crippen LogP contribution is -2.32. The van der Waals surface area contributed by atoms with Crippen LogP contribution in [0.1, 0.15) is 29.5 Å². The van der Waals surface area contributed by atoms with Crippen molar-refractivity contribution in [3.8, 4) is 5.75 Å². The number of aliphatic hydroxyl groups excluding tert-OH is 1. The standard InChI is InChI=1S/C20H22FNO3/c21-10-11-25-16-8-6-15(7-9-16)19(13-23)22-20(24)18-12-17(18)14-4-2-1-3-5-14/h1-9,17-19,23H,10-13H2,(H,22,24)/t17-,18+,19+/m1/s1. The molecule has 0 heterocycles. The zero-order valence-corrected chi connectivity index (χ0v) is 13.9. The minimum Gasteiger partial charge on any atom is -0.491 e. The van der Waals surface area contributed by atoms with Gasteiger partial charge in [0, 0.05) is 5.92 Å². The highest BCUT2D eigenvalue weighted by Crippen LogP contribution is 2.47. The molecular weight excluding hydrogens is 321 g/mol. The van der Waals surface area contributed by atoms with E-state index in [1.165, 1.54) is 5.56 Å². The summed E-state index contributed by atoms with van der Waals surface area (Å²) in [5, 5.41) is 12.5. The predicted octanol–water partition coefficient (Wildman–Crippen LogP) is 2.99. The molecule has 4 nitrogen and oxygen atoms in total. The van der Waals surface area contributed by atoms with Crippen molar-refractivity contribution in [1.82, 2.24) is 5.32 Å². The van der Waals surface area contributed by atoms with Gasteiger partial charge in [-0.1, -0.05) is 42.5 Å². The highest BCUT2D eigenvalue weighted by atomic mass is 19.1. The molecule has 1 saturated carbocycles. The third-order valence-corrected chi connectivity index (χ3v) is 4.48. The van der Waals surface area contributed by atoms with Crippen molar-refractivity contribution >= 4 is 5.91 Å². The average molecular weight is 343 g/mol. The average Bonchev–Trinajstić information content (AvgIpc) is 3.46. The lowest BCUT2D eigenvalue weighted by molar-refractivity contribution is -0.123. The van der Waals surface area contributed by atoms with Crippen molar-refractivity contribution in [1.29, 1.82) is 0 Å². The summed E-state index contributed by atoms with van der Waals surface area (Å²) in [4.78, 5) is 12.5. The summed E-state index contributed by atoms with van der Waals surface area (Å²) in [6.07, 6.45) is 0.837. The fourth-order valence-corrected chi connectivity index (χ4v) is 3.02. The van der Waals surface area contributed by atoms with Gasteiger partial charge in [-0.2, -0.15) is 0 Å². The van der Waals surface area contributed by atoms with Gasteiger partial charge in [-0.3, -0.25) is 4.79 Å². The number of benzene rings is 2. The highest BCUT2D eigenvalue weighted by molar-refractivity contribution is 5.83. The first-order valence-electron chi connectivity index (χ1n) is 8.48. The van der Waals surface area contributed by atoms with Crippen LogP contribution in [0.2, 0.25) is 0 Å². The van der Waals surface area contributed by atoms with Gasteiger partial charge >= 0.3 is 0 Å². The van der Waals surface area contributed by atoms with E-state index in [0.29, 0.717) is 5.75 Å². The second-order valence-electron chi connectivity index (χ2n) is 6.21. The SMILES string of the molecule is O=C(N[C@@H](CO)c1ccc(OCCF)cc1)[C@H]1C[C@@H]1c1ccccc1. The van der Waals surface area contributed by atoms with E-state index in [4.69, 9.17) is 4.74 Å². The first-order chi connectivity index (χ1) is 12.2. The van der Waals surface area contributed by atoms with Crippen LogP contribution < -0.4 is 10.1 Å². The maximum atomic E-state index is 12.5. The second-order valence-corrected chi connectivity index (χ2v) is 6.21. The van der Waals surface area contributed by atoms with E-state index in [1.54, 1.807) is 24.3 Å². The molecule has 5 heteroatoms. The second kappa shape index (κ2) is 8.12. The number of hydrogen-bond donors (Lipinski definition) is 2. The largest absolute Gasteiger partial charge is 0.491 e. The van der Waals surface area contributed by atoms with Crippen molar-refractivity contribution in [3.05, 3.63) is 65.7 Å². The van der Waals surface area contributed by atoms with Crippen LogP contribution in [0.5, 0.6) is 5.75 Å².